The highest BCUT2D eigenvalue weighted by Gasteiger charge is 2.28. The number of hydrogen-bond acceptors (Lipinski definition) is 3. The summed E-state index contributed by atoms with van der Waals surface area (Å²) in [6, 6.07) is -0.954. The van der Waals surface area contributed by atoms with Crippen molar-refractivity contribution in [3.05, 3.63) is 0 Å². The van der Waals surface area contributed by atoms with Crippen molar-refractivity contribution >= 4 is 11.9 Å². The van der Waals surface area contributed by atoms with E-state index in [2.05, 4.69) is 5.32 Å². The zero-order chi connectivity index (χ0) is 13.7. The number of nitrogens with zero attached hydrogens (tertiary/aromatic N) is 1. The van der Waals surface area contributed by atoms with Crippen molar-refractivity contribution in [2.45, 2.75) is 32.7 Å². The van der Waals surface area contributed by atoms with Crippen LogP contribution in [-0.4, -0.2) is 42.5 Å². The van der Waals surface area contributed by atoms with E-state index in [1.54, 1.807) is 0 Å². The first-order valence-corrected chi connectivity index (χ1v) is 6.49. The van der Waals surface area contributed by atoms with Gasteiger partial charge in [0.1, 0.15) is 0 Å². The molecule has 0 spiro atoms. The average molecular weight is 256 g/mol. The van der Waals surface area contributed by atoms with Gasteiger partial charge in [0, 0.05) is 19.6 Å². The van der Waals surface area contributed by atoms with Gasteiger partial charge in [-0.2, -0.15) is 0 Å². The summed E-state index contributed by atoms with van der Waals surface area (Å²) >= 11 is 0. The van der Waals surface area contributed by atoms with Crippen molar-refractivity contribution in [2.24, 2.45) is 23.3 Å². The van der Waals surface area contributed by atoms with E-state index in [0.717, 1.165) is 19.4 Å². The van der Waals surface area contributed by atoms with Gasteiger partial charge in [0.2, 0.25) is 5.91 Å². The van der Waals surface area contributed by atoms with Crippen LogP contribution in [0.1, 0.15) is 26.7 Å². The van der Waals surface area contributed by atoms with Crippen LogP contribution in [0.4, 0.5) is 4.79 Å². The van der Waals surface area contributed by atoms with Gasteiger partial charge < -0.3 is 21.7 Å². The van der Waals surface area contributed by atoms with Gasteiger partial charge in [-0.25, -0.2) is 4.79 Å². The minimum Gasteiger partial charge on any atom is -0.352 e. The number of amides is 3. The lowest BCUT2D eigenvalue weighted by Gasteiger charge is -2.35. The summed E-state index contributed by atoms with van der Waals surface area (Å²) in [4.78, 5) is 24.6. The van der Waals surface area contributed by atoms with Crippen molar-refractivity contribution in [3.63, 3.8) is 0 Å². The van der Waals surface area contributed by atoms with Gasteiger partial charge in [0.05, 0.1) is 6.04 Å². The van der Waals surface area contributed by atoms with Crippen LogP contribution in [0.2, 0.25) is 0 Å². The Morgan fingerprint density at radius 2 is 2.11 bits per heavy atom. The van der Waals surface area contributed by atoms with E-state index in [1.807, 2.05) is 18.7 Å². The molecule has 1 fully saturated rings. The molecule has 0 aliphatic carbocycles. The van der Waals surface area contributed by atoms with Gasteiger partial charge >= 0.3 is 6.03 Å². The maximum atomic E-state index is 12.1. The lowest BCUT2D eigenvalue weighted by molar-refractivity contribution is -0.135. The number of carbonyl (C=O) groups is 2. The molecule has 0 aromatic heterocycles. The summed E-state index contributed by atoms with van der Waals surface area (Å²) in [6.45, 7) is 5.82. The van der Waals surface area contributed by atoms with Gasteiger partial charge in [-0.1, -0.05) is 13.8 Å². The smallest absolute Gasteiger partial charge is 0.312 e. The number of nitrogens with two attached hydrogens (primary N) is 2. The van der Waals surface area contributed by atoms with Crippen LogP contribution >= 0.6 is 0 Å². The third-order valence-corrected chi connectivity index (χ3v) is 3.40. The molecule has 1 saturated heterocycles. The normalized spacial score (nSPS) is 21.8. The molecule has 2 atom stereocenters. The van der Waals surface area contributed by atoms with Crippen LogP contribution in [0.3, 0.4) is 0 Å². The lowest BCUT2D eigenvalue weighted by Crippen LogP contribution is -2.51. The second-order valence-corrected chi connectivity index (χ2v) is 5.31. The SMILES string of the molecule is CC(C)[C@@H](N)C(=O)N1CCCC(CNC(N)=O)C1. The molecular formula is C12H24N4O2. The van der Waals surface area contributed by atoms with Crippen molar-refractivity contribution in [2.75, 3.05) is 19.6 Å². The Labute approximate surface area is 108 Å². The average Bonchev–Trinajstić information content (AvgIpc) is 2.34. The Morgan fingerprint density at radius 1 is 1.44 bits per heavy atom. The van der Waals surface area contributed by atoms with E-state index in [-0.39, 0.29) is 17.7 Å². The number of carbonyl (C=O) groups excluding carboxylic acids is 2. The number of primary amides is 1. The van der Waals surface area contributed by atoms with E-state index in [9.17, 15) is 9.59 Å². The minimum atomic E-state index is -0.516. The predicted molar refractivity (Wildman–Crippen MR) is 69.7 cm³/mol. The van der Waals surface area contributed by atoms with Gasteiger partial charge in [-0.3, -0.25) is 4.79 Å². The third kappa shape index (κ3) is 4.18. The first kappa shape index (κ1) is 14.8. The van der Waals surface area contributed by atoms with E-state index in [1.165, 1.54) is 0 Å². The minimum absolute atomic E-state index is 0.00813. The highest BCUT2D eigenvalue weighted by atomic mass is 16.2. The molecule has 0 bridgehead atoms. The Kier molecular flexibility index (Phi) is 5.40. The van der Waals surface area contributed by atoms with E-state index >= 15 is 0 Å². The third-order valence-electron chi connectivity index (χ3n) is 3.40. The van der Waals surface area contributed by atoms with Crippen LogP contribution in [0.5, 0.6) is 0 Å². The summed E-state index contributed by atoms with van der Waals surface area (Å²) in [5.74, 6) is 0.421. The number of piperidine rings is 1. The second kappa shape index (κ2) is 6.58. The fourth-order valence-corrected chi connectivity index (χ4v) is 2.17. The van der Waals surface area contributed by atoms with Crippen molar-refractivity contribution in [1.29, 1.82) is 0 Å². The second-order valence-electron chi connectivity index (χ2n) is 5.31. The molecule has 0 aromatic carbocycles. The van der Waals surface area contributed by atoms with Gasteiger partial charge in [0.25, 0.3) is 0 Å². The molecule has 5 N–H and O–H groups in total. The first-order valence-electron chi connectivity index (χ1n) is 6.49. The maximum absolute atomic E-state index is 12.1. The molecule has 0 radical (unpaired) electrons. The van der Waals surface area contributed by atoms with Crippen LogP contribution < -0.4 is 16.8 Å². The molecule has 104 valence electrons. The standard InChI is InChI=1S/C12H24N4O2/c1-8(2)10(13)11(17)16-5-3-4-9(7-16)6-15-12(14)18/h8-10H,3-7,13H2,1-2H3,(H3,14,15,18)/t9?,10-/m1/s1. The molecule has 1 unspecified atom stereocenters. The molecule has 6 nitrogen and oxygen atoms in total. The molecule has 18 heavy (non-hydrogen) atoms. The largest absolute Gasteiger partial charge is 0.352 e. The lowest BCUT2D eigenvalue weighted by atomic mass is 9.96. The van der Waals surface area contributed by atoms with Crippen molar-refractivity contribution < 1.29 is 9.59 Å². The number of likely N-dealkylation sites (tertiary alicyclic amines) is 1. The summed E-state index contributed by atoms with van der Waals surface area (Å²) in [7, 11) is 0. The summed E-state index contributed by atoms with van der Waals surface area (Å²) in [6.07, 6.45) is 1.95. The number of nitrogens with one attached hydrogen (secondary N) is 1. The monoisotopic (exact) mass is 256 g/mol. The molecule has 6 heteroatoms. The summed E-state index contributed by atoms with van der Waals surface area (Å²) < 4.78 is 0. The molecular weight excluding hydrogens is 232 g/mol. The van der Waals surface area contributed by atoms with E-state index in [0.29, 0.717) is 13.1 Å². The van der Waals surface area contributed by atoms with E-state index < -0.39 is 12.1 Å². The molecule has 3 amide bonds. The predicted octanol–water partition coefficient (Wildman–Crippen LogP) is -0.123. The van der Waals surface area contributed by atoms with Crippen molar-refractivity contribution in [1.82, 2.24) is 10.2 Å². The van der Waals surface area contributed by atoms with Gasteiger partial charge in [0.15, 0.2) is 0 Å². The zero-order valence-electron chi connectivity index (χ0n) is 11.2. The van der Waals surface area contributed by atoms with Crippen LogP contribution in [-0.2, 0) is 4.79 Å². The fraction of sp³-hybridized carbons (Fsp3) is 0.833. The fourth-order valence-electron chi connectivity index (χ4n) is 2.17. The number of hydrogen-bond donors (Lipinski definition) is 3. The molecule has 0 saturated carbocycles. The molecule has 0 aromatic rings. The Morgan fingerprint density at radius 3 is 2.67 bits per heavy atom. The molecule has 1 aliphatic rings. The molecule has 1 aliphatic heterocycles. The van der Waals surface area contributed by atoms with Gasteiger partial charge in [-0.05, 0) is 24.7 Å². The maximum Gasteiger partial charge on any atom is 0.312 e. The highest BCUT2D eigenvalue weighted by Crippen LogP contribution is 2.17. The van der Waals surface area contributed by atoms with Crippen molar-refractivity contribution in [3.8, 4) is 0 Å². The Hall–Kier alpha value is -1.30. The van der Waals surface area contributed by atoms with Gasteiger partial charge in [-0.15, -0.1) is 0 Å². The van der Waals surface area contributed by atoms with Crippen LogP contribution in [0, 0.1) is 11.8 Å². The first-order chi connectivity index (χ1) is 8.41. The molecule has 1 heterocycles. The van der Waals surface area contributed by atoms with Crippen LogP contribution in [0.15, 0.2) is 0 Å². The topological polar surface area (TPSA) is 101 Å². The number of rotatable bonds is 4. The summed E-state index contributed by atoms with van der Waals surface area (Å²) in [5.41, 5.74) is 10.9. The van der Waals surface area contributed by atoms with E-state index in [4.69, 9.17) is 11.5 Å². The highest BCUT2D eigenvalue weighted by molar-refractivity contribution is 5.82. The Balaban J connectivity index is 2.47. The van der Waals surface area contributed by atoms with Crippen LogP contribution in [0.25, 0.3) is 0 Å². The Bertz CT molecular complexity index is 306. The summed E-state index contributed by atoms with van der Waals surface area (Å²) in [5, 5.41) is 2.60. The zero-order valence-corrected chi connectivity index (χ0v) is 11.2. The number of urea groups is 1. The molecule has 1 rings (SSSR count). The quantitative estimate of drug-likeness (QED) is 0.653.